The van der Waals surface area contributed by atoms with Gasteiger partial charge in [0.1, 0.15) is 0 Å². The third kappa shape index (κ3) is 5.27. The Hall–Kier alpha value is -2.44. The van der Waals surface area contributed by atoms with Crippen LogP contribution >= 0.6 is 0 Å². The molecule has 0 fully saturated rings. The number of nitrogens with one attached hydrogen (secondary N) is 1. The number of sulfonamides is 1. The zero-order valence-electron chi connectivity index (χ0n) is 14.5. The van der Waals surface area contributed by atoms with Crippen molar-refractivity contribution in [2.75, 3.05) is 11.9 Å². The van der Waals surface area contributed by atoms with Crippen LogP contribution in [0.2, 0.25) is 0 Å². The van der Waals surface area contributed by atoms with Crippen LogP contribution in [-0.4, -0.2) is 27.4 Å². The van der Waals surface area contributed by atoms with E-state index in [9.17, 15) is 13.2 Å². The van der Waals surface area contributed by atoms with Crippen molar-refractivity contribution in [2.45, 2.75) is 24.8 Å². The summed E-state index contributed by atoms with van der Waals surface area (Å²) < 4.78 is 26.7. The maximum Gasteiger partial charge on any atom is 0.250 e. The number of amides is 1. The molecule has 0 saturated heterocycles. The molecular formula is C19H22N2O3S. The van der Waals surface area contributed by atoms with Crippen molar-refractivity contribution in [1.82, 2.24) is 4.72 Å². The van der Waals surface area contributed by atoms with Gasteiger partial charge in [0.15, 0.2) is 0 Å². The van der Waals surface area contributed by atoms with Crippen LogP contribution in [0.15, 0.2) is 65.6 Å². The number of likely N-dealkylation sites (N-methyl/N-ethyl adjacent to an activating group) is 1. The maximum absolute atomic E-state index is 12.2. The van der Waals surface area contributed by atoms with E-state index in [-0.39, 0.29) is 16.8 Å². The van der Waals surface area contributed by atoms with E-state index < -0.39 is 10.0 Å². The summed E-state index contributed by atoms with van der Waals surface area (Å²) in [6.07, 6.45) is 3.12. The van der Waals surface area contributed by atoms with Crippen LogP contribution in [0.4, 0.5) is 5.69 Å². The highest BCUT2D eigenvalue weighted by atomic mass is 32.2. The van der Waals surface area contributed by atoms with Gasteiger partial charge in [0.05, 0.1) is 4.90 Å². The fourth-order valence-corrected chi connectivity index (χ4v) is 3.45. The van der Waals surface area contributed by atoms with Crippen molar-refractivity contribution in [3.63, 3.8) is 0 Å². The molecule has 5 nitrogen and oxygen atoms in total. The molecule has 0 aliphatic rings. The van der Waals surface area contributed by atoms with Crippen LogP contribution in [0.3, 0.4) is 0 Å². The average molecular weight is 358 g/mol. The first-order valence-electron chi connectivity index (χ1n) is 7.93. The topological polar surface area (TPSA) is 66.5 Å². The molecule has 1 amide bonds. The number of carbonyl (C=O) groups excluding carboxylic acids is 1. The van der Waals surface area contributed by atoms with Crippen molar-refractivity contribution in [2.24, 2.45) is 0 Å². The number of anilines is 1. The molecule has 0 atom stereocenters. The summed E-state index contributed by atoms with van der Waals surface area (Å²) in [4.78, 5) is 13.9. The van der Waals surface area contributed by atoms with Gasteiger partial charge in [-0.05, 0) is 49.8 Å². The predicted octanol–water partition coefficient (Wildman–Crippen LogP) is 3.05. The lowest BCUT2D eigenvalue weighted by molar-refractivity contribution is -0.113. The zero-order valence-corrected chi connectivity index (χ0v) is 15.3. The summed E-state index contributed by atoms with van der Waals surface area (Å²) in [7, 11) is -1.80. The second-order valence-corrected chi connectivity index (χ2v) is 7.63. The van der Waals surface area contributed by atoms with Crippen LogP contribution in [0.5, 0.6) is 0 Å². The molecule has 1 N–H and O–H groups in total. The summed E-state index contributed by atoms with van der Waals surface area (Å²) in [6.45, 7) is 3.53. The third-order valence-electron chi connectivity index (χ3n) is 3.47. The van der Waals surface area contributed by atoms with Gasteiger partial charge in [-0.3, -0.25) is 4.79 Å². The van der Waals surface area contributed by atoms with Gasteiger partial charge >= 0.3 is 0 Å². The number of nitrogens with zero attached hydrogens (tertiary/aromatic N) is 1. The van der Waals surface area contributed by atoms with Crippen LogP contribution in [0.25, 0.3) is 6.08 Å². The molecule has 0 unspecified atom stereocenters. The minimum atomic E-state index is -3.51. The molecule has 0 aromatic heterocycles. The Morgan fingerprint density at radius 3 is 2.20 bits per heavy atom. The lowest BCUT2D eigenvalue weighted by Gasteiger charge is -2.14. The highest BCUT2D eigenvalue weighted by Crippen LogP contribution is 2.14. The number of carbonyl (C=O) groups is 1. The van der Waals surface area contributed by atoms with Crippen molar-refractivity contribution >= 4 is 27.7 Å². The van der Waals surface area contributed by atoms with Crippen LogP contribution in [0.1, 0.15) is 19.4 Å². The van der Waals surface area contributed by atoms with Crippen molar-refractivity contribution in [3.05, 3.63) is 66.2 Å². The molecule has 0 spiro atoms. The number of para-hydroxylation sites is 1. The largest absolute Gasteiger partial charge is 0.312 e. The van der Waals surface area contributed by atoms with E-state index in [4.69, 9.17) is 0 Å². The number of rotatable bonds is 6. The highest BCUT2D eigenvalue weighted by Gasteiger charge is 2.14. The number of hydrogen-bond acceptors (Lipinski definition) is 3. The third-order valence-corrected chi connectivity index (χ3v) is 5.15. The van der Waals surface area contributed by atoms with Crippen LogP contribution < -0.4 is 9.62 Å². The Kier molecular flexibility index (Phi) is 6.12. The summed E-state index contributed by atoms with van der Waals surface area (Å²) in [5, 5.41) is 0. The van der Waals surface area contributed by atoms with Gasteiger partial charge in [-0.1, -0.05) is 30.3 Å². The second kappa shape index (κ2) is 8.09. The number of hydrogen-bond donors (Lipinski definition) is 1. The van der Waals surface area contributed by atoms with Gasteiger partial charge in [0, 0.05) is 24.9 Å². The predicted molar refractivity (Wildman–Crippen MR) is 101 cm³/mol. The molecule has 2 aromatic carbocycles. The van der Waals surface area contributed by atoms with E-state index in [1.54, 1.807) is 44.0 Å². The van der Waals surface area contributed by atoms with Gasteiger partial charge < -0.3 is 4.90 Å². The Bertz CT molecular complexity index is 842. The summed E-state index contributed by atoms with van der Waals surface area (Å²) in [5.41, 5.74) is 1.55. The zero-order chi connectivity index (χ0) is 18.4. The van der Waals surface area contributed by atoms with E-state index in [1.165, 1.54) is 18.2 Å². The smallest absolute Gasteiger partial charge is 0.250 e. The lowest BCUT2D eigenvalue weighted by atomic mass is 10.2. The van der Waals surface area contributed by atoms with E-state index >= 15 is 0 Å². The van der Waals surface area contributed by atoms with Crippen LogP contribution in [0, 0.1) is 0 Å². The summed E-state index contributed by atoms with van der Waals surface area (Å²) >= 11 is 0. The Morgan fingerprint density at radius 2 is 1.64 bits per heavy atom. The first kappa shape index (κ1) is 18.9. The maximum atomic E-state index is 12.2. The molecular weight excluding hydrogens is 336 g/mol. The molecule has 0 aliphatic heterocycles. The standard InChI is InChI=1S/C19H22N2O3S/c1-15(2)20-25(23,24)18-12-9-16(10-13-18)11-14-19(22)21(3)17-7-5-4-6-8-17/h4-15,20H,1-3H3/b14-11+. The quantitative estimate of drug-likeness (QED) is 0.807. The second-order valence-electron chi connectivity index (χ2n) is 5.91. The fourth-order valence-electron chi connectivity index (χ4n) is 2.19. The molecule has 0 aliphatic carbocycles. The highest BCUT2D eigenvalue weighted by molar-refractivity contribution is 7.89. The summed E-state index contributed by atoms with van der Waals surface area (Å²) in [6, 6.07) is 15.5. The van der Waals surface area contributed by atoms with E-state index in [2.05, 4.69) is 4.72 Å². The van der Waals surface area contributed by atoms with Crippen molar-refractivity contribution in [1.29, 1.82) is 0 Å². The summed E-state index contributed by atoms with van der Waals surface area (Å²) in [5.74, 6) is -0.163. The van der Waals surface area contributed by atoms with Gasteiger partial charge in [-0.25, -0.2) is 13.1 Å². The lowest BCUT2D eigenvalue weighted by Crippen LogP contribution is -2.30. The van der Waals surface area contributed by atoms with Gasteiger partial charge in [-0.2, -0.15) is 0 Å². The Morgan fingerprint density at radius 1 is 1.04 bits per heavy atom. The SMILES string of the molecule is CC(C)NS(=O)(=O)c1ccc(/C=C/C(=O)N(C)c2ccccc2)cc1. The first-order chi connectivity index (χ1) is 11.8. The molecule has 0 saturated carbocycles. The van der Waals surface area contributed by atoms with E-state index in [0.717, 1.165) is 11.3 Å². The molecule has 132 valence electrons. The number of benzene rings is 2. The monoisotopic (exact) mass is 358 g/mol. The molecule has 2 rings (SSSR count). The average Bonchev–Trinajstić information content (AvgIpc) is 2.59. The Labute approximate surface area is 149 Å². The molecule has 25 heavy (non-hydrogen) atoms. The molecule has 6 heteroatoms. The molecule has 0 radical (unpaired) electrons. The first-order valence-corrected chi connectivity index (χ1v) is 9.41. The van der Waals surface area contributed by atoms with E-state index in [0.29, 0.717) is 0 Å². The molecule has 0 heterocycles. The Balaban J connectivity index is 2.08. The van der Waals surface area contributed by atoms with Crippen molar-refractivity contribution < 1.29 is 13.2 Å². The van der Waals surface area contributed by atoms with Crippen molar-refractivity contribution in [3.8, 4) is 0 Å². The minimum absolute atomic E-state index is 0.163. The van der Waals surface area contributed by atoms with Gasteiger partial charge in [0.25, 0.3) is 5.91 Å². The molecule has 2 aromatic rings. The van der Waals surface area contributed by atoms with Crippen LogP contribution in [-0.2, 0) is 14.8 Å². The normalized spacial score (nSPS) is 11.8. The fraction of sp³-hybridized carbons (Fsp3) is 0.211. The van der Waals surface area contributed by atoms with Gasteiger partial charge in [-0.15, -0.1) is 0 Å². The minimum Gasteiger partial charge on any atom is -0.312 e. The van der Waals surface area contributed by atoms with Gasteiger partial charge in [0.2, 0.25) is 10.0 Å². The van der Waals surface area contributed by atoms with E-state index in [1.807, 2.05) is 30.3 Å². The molecule has 0 bridgehead atoms.